The monoisotopic (exact) mass is 291 g/mol. The molecule has 0 aromatic carbocycles. The molecule has 2 heterocycles. The summed E-state index contributed by atoms with van der Waals surface area (Å²) in [6.45, 7) is 6.72. The van der Waals surface area contributed by atoms with Crippen LogP contribution < -0.4 is 15.4 Å². The maximum atomic E-state index is 5.51. The van der Waals surface area contributed by atoms with E-state index in [0.29, 0.717) is 23.3 Å². The molecule has 114 valence electrons. The highest BCUT2D eigenvalue weighted by atomic mass is 16.5. The second kappa shape index (κ2) is 6.92. The van der Waals surface area contributed by atoms with E-state index in [2.05, 4.69) is 32.5 Å². The molecule has 21 heavy (non-hydrogen) atoms. The van der Waals surface area contributed by atoms with Crippen molar-refractivity contribution in [2.75, 3.05) is 24.3 Å². The highest BCUT2D eigenvalue weighted by Gasteiger charge is 2.17. The van der Waals surface area contributed by atoms with Crippen LogP contribution in [0, 0.1) is 6.92 Å². The van der Waals surface area contributed by atoms with Crippen LogP contribution in [0.15, 0.2) is 16.9 Å². The van der Waals surface area contributed by atoms with Crippen LogP contribution in [0.1, 0.15) is 38.0 Å². The van der Waals surface area contributed by atoms with Crippen LogP contribution in [-0.2, 0) is 0 Å². The fourth-order valence-electron chi connectivity index (χ4n) is 1.88. The first-order valence-corrected chi connectivity index (χ1v) is 6.97. The Balaban J connectivity index is 2.18. The third kappa shape index (κ3) is 3.62. The van der Waals surface area contributed by atoms with Gasteiger partial charge in [-0.05, 0) is 20.3 Å². The molecule has 1 unspecified atom stereocenters. The maximum absolute atomic E-state index is 5.51. The van der Waals surface area contributed by atoms with Crippen molar-refractivity contribution in [2.45, 2.75) is 33.2 Å². The molecule has 0 saturated heterocycles. The topological polar surface area (TPSA) is 85.1 Å². The van der Waals surface area contributed by atoms with Gasteiger partial charge >= 0.3 is 0 Å². The van der Waals surface area contributed by atoms with Gasteiger partial charge in [-0.2, -0.15) is 0 Å². The number of rotatable bonds is 7. The molecule has 0 aliphatic carbocycles. The van der Waals surface area contributed by atoms with Crippen LogP contribution >= 0.6 is 0 Å². The van der Waals surface area contributed by atoms with E-state index in [1.54, 1.807) is 13.3 Å². The summed E-state index contributed by atoms with van der Waals surface area (Å²) in [6.07, 6.45) is 4.19. The van der Waals surface area contributed by atoms with E-state index in [4.69, 9.17) is 9.15 Å². The second-order valence-corrected chi connectivity index (χ2v) is 4.71. The Morgan fingerprint density at radius 1 is 1.29 bits per heavy atom. The molecule has 0 aliphatic rings. The van der Waals surface area contributed by atoms with Gasteiger partial charge in [0.15, 0.2) is 11.6 Å². The molecule has 2 aromatic heterocycles. The fourth-order valence-corrected chi connectivity index (χ4v) is 1.88. The zero-order chi connectivity index (χ0) is 15.2. The van der Waals surface area contributed by atoms with Crippen LogP contribution in [0.25, 0.3) is 0 Å². The van der Waals surface area contributed by atoms with Crippen molar-refractivity contribution in [3.8, 4) is 5.75 Å². The number of nitrogens with zero attached hydrogens (tertiary/aromatic N) is 3. The Hall–Kier alpha value is -2.31. The Kier molecular flexibility index (Phi) is 4.97. The molecule has 7 nitrogen and oxygen atoms in total. The first kappa shape index (κ1) is 15.1. The third-order valence-corrected chi connectivity index (χ3v) is 2.91. The van der Waals surface area contributed by atoms with Gasteiger partial charge in [0, 0.05) is 6.54 Å². The van der Waals surface area contributed by atoms with Crippen LogP contribution in [0.5, 0.6) is 5.75 Å². The zero-order valence-corrected chi connectivity index (χ0v) is 12.8. The minimum absolute atomic E-state index is 0.124. The minimum Gasteiger partial charge on any atom is -0.490 e. The van der Waals surface area contributed by atoms with Gasteiger partial charge in [0.2, 0.25) is 11.6 Å². The maximum Gasteiger partial charge on any atom is 0.216 e. The third-order valence-electron chi connectivity index (χ3n) is 2.91. The quantitative estimate of drug-likeness (QED) is 0.811. The van der Waals surface area contributed by atoms with Gasteiger partial charge in [0.1, 0.15) is 18.1 Å². The van der Waals surface area contributed by atoms with Gasteiger partial charge in [-0.15, -0.1) is 0 Å². The fraction of sp³-hybridized carbons (Fsp3) is 0.500. The molecule has 0 spiro atoms. The van der Waals surface area contributed by atoms with Gasteiger partial charge in [-0.3, -0.25) is 0 Å². The molecule has 0 aliphatic heterocycles. The number of hydrogen-bond acceptors (Lipinski definition) is 7. The first-order valence-electron chi connectivity index (χ1n) is 6.97. The minimum atomic E-state index is -0.124. The van der Waals surface area contributed by atoms with Crippen LogP contribution in [0.4, 0.5) is 11.6 Å². The molecule has 0 amide bonds. The Morgan fingerprint density at radius 3 is 2.67 bits per heavy atom. The lowest BCUT2D eigenvalue weighted by molar-refractivity contribution is 0.412. The molecule has 1 atom stereocenters. The summed E-state index contributed by atoms with van der Waals surface area (Å²) in [4.78, 5) is 12.6. The molecule has 7 heteroatoms. The number of nitrogens with one attached hydrogen (secondary N) is 2. The van der Waals surface area contributed by atoms with E-state index in [-0.39, 0.29) is 6.04 Å². The van der Waals surface area contributed by atoms with E-state index >= 15 is 0 Å². The summed E-state index contributed by atoms with van der Waals surface area (Å²) < 4.78 is 10.9. The first-order chi connectivity index (χ1) is 10.2. The lowest BCUT2D eigenvalue weighted by Crippen LogP contribution is -2.12. The van der Waals surface area contributed by atoms with Crippen LogP contribution in [0.3, 0.4) is 0 Å². The Morgan fingerprint density at radius 2 is 2.05 bits per heavy atom. The predicted octanol–water partition coefficient (Wildman–Crippen LogP) is 2.78. The summed E-state index contributed by atoms with van der Waals surface area (Å²) in [5, 5.41) is 6.45. The van der Waals surface area contributed by atoms with E-state index in [1.807, 2.05) is 13.8 Å². The molecular formula is C14H21N5O2. The van der Waals surface area contributed by atoms with E-state index < -0.39 is 0 Å². The average molecular weight is 291 g/mol. The van der Waals surface area contributed by atoms with Crippen molar-refractivity contribution in [3.05, 3.63) is 24.2 Å². The smallest absolute Gasteiger partial charge is 0.216 e. The van der Waals surface area contributed by atoms with Crippen molar-refractivity contribution >= 4 is 11.6 Å². The summed E-state index contributed by atoms with van der Waals surface area (Å²) in [5.74, 6) is 3.25. The summed E-state index contributed by atoms with van der Waals surface area (Å²) in [6, 6.07) is -0.124. The van der Waals surface area contributed by atoms with Crippen molar-refractivity contribution in [2.24, 2.45) is 0 Å². The van der Waals surface area contributed by atoms with Gasteiger partial charge in [0.25, 0.3) is 0 Å². The lowest BCUT2D eigenvalue weighted by Gasteiger charge is -2.16. The van der Waals surface area contributed by atoms with Gasteiger partial charge < -0.3 is 19.8 Å². The van der Waals surface area contributed by atoms with E-state index in [9.17, 15) is 0 Å². The summed E-state index contributed by atoms with van der Waals surface area (Å²) >= 11 is 0. The van der Waals surface area contributed by atoms with Crippen LogP contribution in [-0.4, -0.2) is 28.6 Å². The summed E-state index contributed by atoms with van der Waals surface area (Å²) in [7, 11) is 1.60. The summed E-state index contributed by atoms with van der Waals surface area (Å²) in [5.41, 5.74) is 0. The van der Waals surface area contributed by atoms with Crippen molar-refractivity contribution in [3.63, 3.8) is 0 Å². The largest absolute Gasteiger partial charge is 0.490 e. The molecule has 2 rings (SSSR count). The number of anilines is 2. The molecule has 0 saturated carbocycles. The van der Waals surface area contributed by atoms with Gasteiger partial charge in [-0.25, -0.2) is 15.0 Å². The van der Waals surface area contributed by atoms with E-state index in [1.165, 1.54) is 6.33 Å². The number of oxazole rings is 1. The van der Waals surface area contributed by atoms with Gasteiger partial charge in [-0.1, -0.05) is 6.92 Å². The molecule has 0 fully saturated rings. The average Bonchev–Trinajstić information content (AvgIpc) is 2.92. The van der Waals surface area contributed by atoms with Gasteiger partial charge in [0.05, 0.1) is 13.3 Å². The predicted molar refractivity (Wildman–Crippen MR) is 80.6 cm³/mol. The molecule has 2 aromatic rings. The number of ether oxygens (including phenoxy) is 1. The Labute approximate surface area is 124 Å². The highest BCUT2D eigenvalue weighted by Crippen LogP contribution is 2.31. The number of aryl methyl sites for hydroxylation is 1. The highest BCUT2D eigenvalue weighted by molar-refractivity contribution is 5.63. The number of methoxy groups -OCH3 is 1. The normalized spacial score (nSPS) is 12.0. The molecule has 0 bridgehead atoms. The molecule has 2 N–H and O–H groups in total. The van der Waals surface area contributed by atoms with Crippen molar-refractivity contribution in [1.29, 1.82) is 0 Å². The standard InChI is InChI=1S/C14H21N5O2/c1-5-6-15-12-11(20-4)13(18-8-17-12)19-10(3)14-16-7-9(2)21-14/h7-8,10H,5-6H2,1-4H3,(H2,15,17,18,19). The SMILES string of the molecule is CCCNc1ncnc(NC(C)c2ncc(C)o2)c1OC. The Bertz CT molecular complexity index is 584. The number of hydrogen-bond donors (Lipinski definition) is 2. The zero-order valence-electron chi connectivity index (χ0n) is 12.8. The molecule has 0 radical (unpaired) electrons. The van der Waals surface area contributed by atoms with Crippen LogP contribution in [0.2, 0.25) is 0 Å². The molecular weight excluding hydrogens is 270 g/mol. The number of aromatic nitrogens is 3. The van der Waals surface area contributed by atoms with E-state index in [0.717, 1.165) is 18.7 Å². The lowest BCUT2D eigenvalue weighted by atomic mass is 10.3. The second-order valence-electron chi connectivity index (χ2n) is 4.71. The van der Waals surface area contributed by atoms with Crippen molar-refractivity contribution in [1.82, 2.24) is 15.0 Å². The van der Waals surface area contributed by atoms with Crippen molar-refractivity contribution < 1.29 is 9.15 Å².